The lowest BCUT2D eigenvalue weighted by atomic mass is 10.2. The highest BCUT2D eigenvalue weighted by Gasteiger charge is 2.17. The Kier molecular flexibility index (Phi) is 3.84. The quantitative estimate of drug-likeness (QED) is 0.553. The van der Waals surface area contributed by atoms with E-state index in [1.165, 1.54) is 6.33 Å². The summed E-state index contributed by atoms with van der Waals surface area (Å²) in [4.78, 5) is 23.8. The van der Waals surface area contributed by atoms with Gasteiger partial charge in [0.15, 0.2) is 0 Å². The molecule has 0 atom stereocenters. The number of nitrogens with one attached hydrogen (secondary N) is 3. The minimum atomic E-state index is -0.170. The van der Waals surface area contributed by atoms with Gasteiger partial charge < -0.3 is 21.4 Å². The summed E-state index contributed by atoms with van der Waals surface area (Å²) in [6.45, 7) is 3.82. The van der Waals surface area contributed by atoms with Crippen molar-refractivity contribution in [2.75, 3.05) is 11.1 Å². The summed E-state index contributed by atoms with van der Waals surface area (Å²) in [5.41, 5.74) is 8.33. The van der Waals surface area contributed by atoms with E-state index in [9.17, 15) is 4.79 Å². The zero-order valence-electron chi connectivity index (χ0n) is 12.9. The molecule has 0 aliphatic carbocycles. The van der Waals surface area contributed by atoms with Crippen LogP contribution in [0.3, 0.4) is 0 Å². The van der Waals surface area contributed by atoms with Crippen LogP contribution >= 0.6 is 0 Å². The van der Waals surface area contributed by atoms with E-state index in [2.05, 4.69) is 25.6 Å². The van der Waals surface area contributed by atoms with Gasteiger partial charge in [0.25, 0.3) is 5.91 Å². The van der Waals surface area contributed by atoms with Crippen LogP contribution in [0.15, 0.2) is 36.8 Å². The van der Waals surface area contributed by atoms with E-state index < -0.39 is 0 Å². The van der Waals surface area contributed by atoms with Crippen molar-refractivity contribution in [2.45, 2.75) is 19.9 Å². The smallest absolute Gasteiger partial charge is 0.253 e. The number of nitrogen functional groups attached to an aromatic ring is 1. The van der Waals surface area contributed by atoms with Crippen LogP contribution in [-0.4, -0.2) is 26.9 Å². The van der Waals surface area contributed by atoms with Crippen LogP contribution in [0.5, 0.6) is 0 Å². The molecule has 7 nitrogen and oxygen atoms in total. The molecule has 1 amide bonds. The van der Waals surface area contributed by atoms with Crippen LogP contribution in [0.1, 0.15) is 24.2 Å². The summed E-state index contributed by atoms with van der Waals surface area (Å²) in [6.07, 6.45) is 3.08. The highest BCUT2D eigenvalue weighted by molar-refractivity contribution is 6.10. The van der Waals surface area contributed by atoms with Gasteiger partial charge in [-0.15, -0.1) is 0 Å². The number of hydrogen-bond acceptors (Lipinski definition) is 5. The highest BCUT2D eigenvalue weighted by atomic mass is 16.1. The summed E-state index contributed by atoms with van der Waals surface area (Å²) in [6, 6.07) is 7.37. The van der Waals surface area contributed by atoms with Gasteiger partial charge in [0, 0.05) is 23.6 Å². The molecule has 0 spiro atoms. The fourth-order valence-electron chi connectivity index (χ4n) is 2.33. The van der Waals surface area contributed by atoms with Gasteiger partial charge in [-0.05, 0) is 32.0 Å². The molecule has 2 heterocycles. The Labute approximate surface area is 133 Å². The molecule has 7 heteroatoms. The number of benzene rings is 1. The molecule has 5 N–H and O–H groups in total. The SMILES string of the molecule is CC(C)NC(=O)c1c[nH]c2ncnc(Nc3cccc(N)c3)c12. The second kappa shape index (κ2) is 5.96. The largest absolute Gasteiger partial charge is 0.399 e. The molecular formula is C16H18N6O. The third-order valence-electron chi connectivity index (χ3n) is 3.28. The highest BCUT2D eigenvalue weighted by Crippen LogP contribution is 2.26. The number of rotatable bonds is 4. The molecule has 1 aromatic carbocycles. The fourth-order valence-corrected chi connectivity index (χ4v) is 2.33. The maximum Gasteiger partial charge on any atom is 0.253 e. The number of carbonyl (C=O) groups excluding carboxylic acids is 1. The Hall–Kier alpha value is -3.09. The van der Waals surface area contributed by atoms with Crippen LogP contribution < -0.4 is 16.4 Å². The second-order valence-electron chi connectivity index (χ2n) is 5.53. The monoisotopic (exact) mass is 310 g/mol. The number of nitrogens with two attached hydrogens (primary N) is 1. The predicted octanol–water partition coefficient (Wildman–Crippen LogP) is 2.42. The molecule has 3 aromatic rings. The van der Waals surface area contributed by atoms with Crippen molar-refractivity contribution in [3.8, 4) is 0 Å². The predicted molar refractivity (Wildman–Crippen MR) is 90.6 cm³/mol. The standard InChI is InChI=1S/C16H18N6O/c1-9(2)21-16(23)12-7-18-14-13(12)15(20-8-19-14)22-11-5-3-4-10(17)6-11/h3-9H,17H2,1-2H3,(H,21,23)(H2,18,19,20,22). The minimum absolute atomic E-state index is 0.0439. The van der Waals surface area contributed by atoms with Crippen molar-refractivity contribution in [2.24, 2.45) is 0 Å². The van der Waals surface area contributed by atoms with Gasteiger partial charge in [-0.2, -0.15) is 0 Å². The molecule has 0 unspecified atom stereocenters. The molecule has 2 aromatic heterocycles. The molecule has 0 radical (unpaired) electrons. The molecule has 3 rings (SSSR count). The third-order valence-corrected chi connectivity index (χ3v) is 3.28. The van der Waals surface area contributed by atoms with Crippen molar-refractivity contribution in [1.82, 2.24) is 20.3 Å². The number of aromatic nitrogens is 3. The topological polar surface area (TPSA) is 109 Å². The fraction of sp³-hybridized carbons (Fsp3) is 0.188. The van der Waals surface area contributed by atoms with Gasteiger partial charge in [-0.1, -0.05) is 6.07 Å². The second-order valence-corrected chi connectivity index (χ2v) is 5.53. The van der Waals surface area contributed by atoms with E-state index in [1.807, 2.05) is 26.0 Å². The summed E-state index contributed by atoms with van der Waals surface area (Å²) < 4.78 is 0. The Bertz CT molecular complexity index is 855. The molecule has 0 bridgehead atoms. The molecule has 0 saturated carbocycles. The van der Waals surface area contributed by atoms with Gasteiger partial charge in [0.1, 0.15) is 17.8 Å². The Morgan fingerprint density at radius 1 is 1.30 bits per heavy atom. The van der Waals surface area contributed by atoms with E-state index in [-0.39, 0.29) is 11.9 Å². The van der Waals surface area contributed by atoms with E-state index in [1.54, 1.807) is 18.3 Å². The molecule has 0 fully saturated rings. The first-order valence-electron chi connectivity index (χ1n) is 7.30. The zero-order chi connectivity index (χ0) is 16.4. The van der Waals surface area contributed by atoms with E-state index in [0.717, 1.165) is 5.69 Å². The van der Waals surface area contributed by atoms with Crippen LogP contribution in [0.4, 0.5) is 17.2 Å². The number of aromatic amines is 1. The number of anilines is 3. The van der Waals surface area contributed by atoms with Crippen molar-refractivity contribution < 1.29 is 4.79 Å². The number of amides is 1. The van der Waals surface area contributed by atoms with E-state index in [0.29, 0.717) is 28.1 Å². The van der Waals surface area contributed by atoms with E-state index in [4.69, 9.17) is 5.73 Å². The van der Waals surface area contributed by atoms with Crippen molar-refractivity contribution in [1.29, 1.82) is 0 Å². The number of carbonyl (C=O) groups is 1. The molecule has 0 aliphatic rings. The molecule has 0 saturated heterocycles. The molecule has 118 valence electrons. The van der Waals surface area contributed by atoms with Gasteiger partial charge in [-0.3, -0.25) is 4.79 Å². The molecule has 23 heavy (non-hydrogen) atoms. The average Bonchev–Trinajstić information content (AvgIpc) is 2.92. The van der Waals surface area contributed by atoms with E-state index >= 15 is 0 Å². The van der Waals surface area contributed by atoms with Crippen molar-refractivity contribution in [3.05, 3.63) is 42.4 Å². The number of hydrogen-bond donors (Lipinski definition) is 4. The number of fused-ring (bicyclic) bond motifs is 1. The lowest BCUT2D eigenvalue weighted by molar-refractivity contribution is 0.0945. The lowest BCUT2D eigenvalue weighted by Gasteiger charge is -2.10. The Balaban J connectivity index is 2.03. The molecular weight excluding hydrogens is 292 g/mol. The maximum atomic E-state index is 12.4. The third kappa shape index (κ3) is 3.08. The number of nitrogens with zero attached hydrogens (tertiary/aromatic N) is 2. The summed E-state index contributed by atoms with van der Waals surface area (Å²) in [5.74, 6) is 0.382. The normalized spacial score (nSPS) is 10.9. The van der Waals surface area contributed by atoms with Crippen molar-refractivity contribution >= 4 is 34.1 Å². The van der Waals surface area contributed by atoms with Crippen LogP contribution in [-0.2, 0) is 0 Å². The molecule has 0 aliphatic heterocycles. The van der Waals surface area contributed by atoms with Crippen LogP contribution in [0, 0.1) is 0 Å². The first-order valence-corrected chi connectivity index (χ1v) is 7.30. The minimum Gasteiger partial charge on any atom is -0.399 e. The first kappa shape index (κ1) is 14.8. The Morgan fingerprint density at radius 3 is 2.87 bits per heavy atom. The average molecular weight is 310 g/mol. The van der Waals surface area contributed by atoms with Crippen molar-refractivity contribution in [3.63, 3.8) is 0 Å². The first-order chi connectivity index (χ1) is 11.0. The number of H-pyrrole nitrogens is 1. The van der Waals surface area contributed by atoms with Gasteiger partial charge in [0.2, 0.25) is 0 Å². The summed E-state index contributed by atoms with van der Waals surface area (Å²) in [5, 5.41) is 6.71. The lowest BCUT2D eigenvalue weighted by Crippen LogP contribution is -2.29. The van der Waals surface area contributed by atoms with Crippen LogP contribution in [0.25, 0.3) is 11.0 Å². The van der Waals surface area contributed by atoms with Crippen LogP contribution in [0.2, 0.25) is 0 Å². The van der Waals surface area contributed by atoms with Gasteiger partial charge >= 0.3 is 0 Å². The maximum absolute atomic E-state index is 12.4. The zero-order valence-corrected chi connectivity index (χ0v) is 12.9. The van der Waals surface area contributed by atoms with Gasteiger partial charge in [0.05, 0.1) is 10.9 Å². The summed E-state index contributed by atoms with van der Waals surface area (Å²) in [7, 11) is 0. The Morgan fingerprint density at radius 2 is 2.13 bits per heavy atom. The summed E-state index contributed by atoms with van der Waals surface area (Å²) >= 11 is 0. The van der Waals surface area contributed by atoms with Gasteiger partial charge in [-0.25, -0.2) is 9.97 Å².